The van der Waals surface area contributed by atoms with Crippen LogP contribution in [0.25, 0.3) is 0 Å². The van der Waals surface area contributed by atoms with E-state index in [1.165, 1.54) is 36.1 Å². The van der Waals surface area contributed by atoms with Crippen LogP contribution in [0.3, 0.4) is 0 Å². The number of nitrogens with zero attached hydrogens (tertiary/aromatic N) is 3. The Labute approximate surface area is 230 Å². The van der Waals surface area contributed by atoms with Gasteiger partial charge in [0, 0.05) is 31.2 Å². The Morgan fingerprint density at radius 2 is 2.05 bits per heavy atom. The average Bonchev–Trinajstić information content (AvgIpc) is 3.63. The van der Waals surface area contributed by atoms with Gasteiger partial charge in [-0.25, -0.2) is 18.8 Å². The van der Waals surface area contributed by atoms with Gasteiger partial charge in [0.05, 0.1) is 23.7 Å². The number of amides is 1. The van der Waals surface area contributed by atoms with Crippen LogP contribution in [-0.4, -0.2) is 48.9 Å². The van der Waals surface area contributed by atoms with E-state index in [2.05, 4.69) is 14.8 Å². The number of carbonyl (C=O) groups is 1. The SMILES string of the molecule is CO[C@H]1COc2cc(S(=O)(=O)NC(=O)Cc3c(C(C)C)cc(Oc4ccc(F)c(Cl)c4)nc3C3CC3)nn2C1. The molecule has 3 aromatic rings. The number of hydrogen-bond donors (Lipinski definition) is 1. The van der Waals surface area contributed by atoms with Crippen molar-refractivity contribution in [2.75, 3.05) is 13.7 Å². The van der Waals surface area contributed by atoms with Gasteiger partial charge in [0.1, 0.15) is 24.3 Å². The summed E-state index contributed by atoms with van der Waals surface area (Å²) in [6.07, 6.45) is 1.35. The van der Waals surface area contributed by atoms with Crippen molar-refractivity contribution in [1.29, 1.82) is 0 Å². The van der Waals surface area contributed by atoms with E-state index in [-0.39, 0.29) is 52.8 Å². The largest absolute Gasteiger partial charge is 0.475 e. The van der Waals surface area contributed by atoms with Crippen molar-refractivity contribution in [2.24, 2.45) is 0 Å². The molecule has 1 fully saturated rings. The van der Waals surface area contributed by atoms with E-state index in [4.69, 9.17) is 25.8 Å². The van der Waals surface area contributed by atoms with Gasteiger partial charge >= 0.3 is 0 Å². The zero-order valence-electron chi connectivity index (χ0n) is 21.6. The van der Waals surface area contributed by atoms with Crippen LogP contribution in [0.4, 0.5) is 4.39 Å². The highest BCUT2D eigenvalue weighted by atomic mass is 35.5. The maximum atomic E-state index is 13.6. The molecule has 3 heterocycles. The van der Waals surface area contributed by atoms with Crippen molar-refractivity contribution in [2.45, 2.75) is 62.6 Å². The fourth-order valence-corrected chi connectivity index (χ4v) is 5.53. The maximum Gasteiger partial charge on any atom is 0.283 e. The highest BCUT2D eigenvalue weighted by Gasteiger charge is 2.33. The van der Waals surface area contributed by atoms with E-state index in [1.807, 2.05) is 13.8 Å². The number of aromatic nitrogens is 3. The Morgan fingerprint density at radius 3 is 2.72 bits per heavy atom. The van der Waals surface area contributed by atoms with Crippen LogP contribution in [0, 0.1) is 5.82 Å². The molecule has 1 amide bonds. The lowest BCUT2D eigenvalue weighted by molar-refractivity contribution is -0.118. The first-order chi connectivity index (χ1) is 18.5. The molecule has 13 heteroatoms. The second kappa shape index (κ2) is 10.7. The van der Waals surface area contributed by atoms with Crippen LogP contribution in [-0.2, 0) is 32.5 Å². The van der Waals surface area contributed by atoms with Gasteiger partial charge in [-0.05, 0) is 42.0 Å². The summed E-state index contributed by atoms with van der Waals surface area (Å²) in [6.45, 7) is 4.54. The minimum atomic E-state index is -4.25. The van der Waals surface area contributed by atoms with Crippen LogP contribution in [0.5, 0.6) is 17.5 Å². The third-order valence-corrected chi connectivity index (χ3v) is 8.11. The van der Waals surface area contributed by atoms with Gasteiger partial charge in [0.2, 0.25) is 22.7 Å². The first-order valence-electron chi connectivity index (χ1n) is 12.5. The summed E-state index contributed by atoms with van der Waals surface area (Å²) in [5.41, 5.74) is 2.16. The fourth-order valence-electron chi connectivity index (χ4n) is 4.42. The molecule has 0 saturated heterocycles. The van der Waals surface area contributed by atoms with Crippen LogP contribution >= 0.6 is 11.6 Å². The summed E-state index contributed by atoms with van der Waals surface area (Å²) < 4.78 is 59.7. The normalized spacial score (nSPS) is 17.0. The van der Waals surface area contributed by atoms with Crippen molar-refractivity contribution in [3.8, 4) is 17.5 Å². The van der Waals surface area contributed by atoms with Crippen molar-refractivity contribution in [1.82, 2.24) is 19.5 Å². The first-order valence-corrected chi connectivity index (χ1v) is 14.4. The number of fused-ring (bicyclic) bond motifs is 1. The Hall–Kier alpha value is -3.22. The lowest BCUT2D eigenvalue weighted by Gasteiger charge is -2.22. The molecule has 1 N–H and O–H groups in total. The zero-order chi connectivity index (χ0) is 27.9. The average molecular weight is 579 g/mol. The van der Waals surface area contributed by atoms with Crippen molar-refractivity contribution in [3.63, 3.8) is 0 Å². The van der Waals surface area contributed by atoms with Gasteiger partial charge in [-0.3, -0.25) is 4.79 Å². The van der Waals surface area contributed by atoms with E-state index in [0.717, 1.165) is 18.4 Å². The van der Waals surface area contributed by atoms with Gasteiger partial charge < -0.3 is 14.2 Å². The summed E-state index contributed by atoms with van der Waals surface area (Å²) in [4.78, 5) is 17.7. The van der Waals surface area contributed by atoms with Gasteiger partial charge in [-0.15, -0.1) is 0 Å². The Balaban J connectivity index is 1.38. The van der Waals surface area contributed by atoms with Crippen molar-refractivity contribution in [3.05, 3.63) is 58.0 Å². The molecule has 0 bridgehead atoms. The van der Waals surface area contributed by atoms with Crippen molar-refractivity contribution < 1.29 is 31.8 Å². The number of sulfonamides is 1. The minimum absolute atomic E-state index is 0.0187. The molecule has 1 saturated carbocycles. The summed E-state index contributed by atoms with van der Waals surface area (Å²) in [5.74, 6) is -0.249. The van der Waals surface area contributed by atoms with Gasteiger partial charge in [-0.2, -0.15) is 13.5 Å². The molecule has 1 atom stereocenters. The van der Waals surface area contributed by atoms with Crippen molar-refractivity contribution >= 4 is 27.5 Å². The molecule has 208 valence electrons. The lowest BCUT2D eigenvalue weighted by atomic mass is 9.93. The standard InChI is InChI=1S/C26H28ClFN4O6S/c1-14(2)18-10-23(38-16-6-7-21(28)20(27)8-16)29-26(15-4-5-15)19(18)9-22(33)31-39(34,35)24-11-25-32(30-24)12-17(36-3)13-37-25/h6-8,10-11,14-15,17H,4-5,9,12-13H2,1-3H3,(H,31,33)/t17-/m1/s1. The Kier molecular flexibility index (Phi) is 7.53. The van der Waals surface area contributed by atoms with E-state index in [9.17, 15) is 17.6 Å². The molecule has 1 aliphatic carbocycles. The minimum Gasteiger partial charge on any atom is -0.475 e. The molecule has 0 spiro atoms. The summed E-state index contributed by atoms with van der Waals surface area (Å²) >= 11 is 5.89. The zero-order valence-corrected chi connectivity index (χ0v) is 23.2. The molecule has 10 nitrogen and oxygen atoms in total. The number of pyridine rings is 1. The molecular weight excluding hydrogens is 551 g/mol. The van der Waals surface area contributed by atoms with E-state index in [0.29, 0.717) is 23.6 Å². The molecule has 1 aliphatic heterocycles. The molecule has 5 rings (SSSR count). The highest BCUT2D eigenvalue weighted by molar-refractivity contribution is 7.90. The van der Waals surface area contributed by atoms with Gasteiger partial charge in [-0.1, -0.05) is 25.4 Å². The molecule has 0 radical (unpaired) electrons. The number of methoxy groups -OCH3 is 1. The smallest absolute Gasteiger partial charge is 0.283 e. The monoisotopic (exact) mass is 578 g/mol. The second-order valence-electron chi connectivity index (χ2n) is 9.90. The predicted molar refractivity (Wildman–Crippen MR) is 139 cm³/mol. The van der Waals surface area contributed by atoms with E-state index < -0.39 is 21.7 Å². The summed E-state index contributed by atoms with van der Waals surface area (Å²) in [7, 11) is -2.71. The topological polar surface area (TPSA) is 122 Å². The Morgan fingerprint density at radius 1 is 1.28 bits per heavy atom. The van der Waals surface area contributed by atoms with E-state index >= 15 is 0 Å². The number of hydrogen-bond acceptors (Lipinski definition) is 8. The van der Waals surface area contributed by atoms with Crippen LogP contribution in [0.2, 0.25) is 5.02 Å². The molecule has 2 aliphatic rings. The van der Waals surface area contributed by atoms with E-state index in [1.54, 1.807) is 6.07 Å². The Bertz CT molecular complexity index is 1500. The maximum absolute atomic E-state index is 13.6. The number of ether oxygens (including phenoxy) is 3. The van der Waals surface area contributed by atoms with Crippen LogP contribution in [0.15, 0.2) is 35.4 Å². The predicted octanol–water partition coefficient (Wildman–Crippen LogP) is 4.32. The molecule has 39 heavy (non-hydrogen) atoms. The first kappa shape index (κ1) is 27.4. The lowest BCUT2D eigenvalue weighted by Crippen LogP contribution is -2.33. The van der Waals surface area contributed by atoms with Gasteiger partial charge in [0.15, 0.2) is 0 Å². The molecule has 1 aromatic carbocycles. The number of carbonyl (C=O) groups excluding carboxylic acids is 1. The molecule has 2 aromatic heterocycles. The highest BCUT2D eigenvalue weighted by Crippen LogP contribution is 2.44. The van der Waals surface area contributed by atoms with Gasteiger partial charge in [0.25, 0.3) is 10.0 Å². The third-order valence-electron chi connectivity index (χ3n) is 6.58. The summed E-state index contributed by atoms with van der Waals surface area (Å²) in [5, 5.41) is 3.71. The fraction of sp³-hybridized carbons (Fsp3) is 0.423. The summed E-state index contributed by atoms with van der Waals surface area (Å²) in [6, 6.07) is 7.03. The quantitative estimate of drug-likeness (QED) is 0.398. The second-order valence-corrected chi connectivity index (χ2v) is 11.9. The number of benzene rings is 1. The third kappa shape index (κ3) is 6.02. The van der Waals surface area contributed by atoms with Crippen LogP contribution in [0.1, 0.15) is 55.3 Å². The number of nitrogens with one attached hydrogen (secondary N) is 1. The molecule has 0 unspecified atom stereocenters. The molecular formula is C26H28ClFN4O6S. The number of halogens is 2. The number of rotatable bonds is 9. The van der Waals surface area contributed by atoms with Crippen LogP contribution < -0.4 is 14.2 Å².